The van der Waals surface area contributed by atoms with Crippen LogP contribution in [0.15, 0.2) is 0 Å². The average Bonchev–Trinajstić information content (AvgIpc) is 2.37. The van der Waals surface area contributed by atoms with Gasteiger partial charge in [0, 0.05) is 32.3 Å². The second-order valence-corrected chi connectivity index (χ2v) is 5.19. The minimum Gasteiger partial charge on any atom is -0.382 e. The molecule has 0 aromatic rings. The zero-order valence-corrected chi connectivity index (χ0v) is 12.4. The summed E-state index contributed by atoms with van der Waals surface area (Å²) in [4.78, 5) is 2.55. The Labute approximate surface area is 112 Å². The van der Waals surface area contributed by atoms with Gasteiger partial charge in [-0.2, -0.15) is 0 Å². The van der Waals surface area contributed by atoms with Crippen molar-refractivity contribution in [3.8, 4) is 0 Å². The van der Waals surface area contributed by atoms with E-state index in [1.807, 2.05) is 0 Å². The molecule has 1 heterocycles. The van der Waals surface area contributed by atoms with Crippen LogP contribution >= 0.6 is 0 Å². The Balaban J connectivity index is 2.23. The number of piperidine rings is 1. The highest BCUT2D eigenvalue weighted by atomic mass is 16.5. The smallest absolute Gasteiger partial charge is 0.0700 e. The summed E-state index contributed by atoms with van der Waals surface area (Å²) in [6, 6.07) is 1.31. The number of likely N-dealkylation sites (tertiary alicyclic amines) is 1. The number of methoxy groups -OCH3 is 1. The fourth-order valence-electron chi connectivity index (χ4n) is 2.73. The number of ether oxygens (including phenoxy) is 2. The molecule has 1 N–H and O–H groups in total. The summed E-state index contributed by atoms with van der Waals surface area (Å²) in [5.74, 6) is 0.706. The third kappa shape index (κ3) is 4.84. The van der Waals surface area contributed by atoms with Crippen LogP contribution in [-0.4, -0.2) is 63.5 Å². The first kappa shape index (κ1) is 15.9. The summed E-state index contributed by atoms with van der Waals surface area (Å²) in [6.45, 7) is 12.4. The topological polar surface area (TPSA) is 33.7 Å². The monoisotopic (exact) mass is 258 g/mol. The van der Waals surface area contributed by atoms with Crippen LogP contribution in [0.4, 0.5) is 0 Å². The average molecular weight is 258 g/mol. The molecule has 0 radical (unpaired) electrons. The Hall–Kier alpha value is -0.160. The molecular formula is C14H30N2O2. The van der Waals surface area contributed by atoms with Crippen molar-refractivity contribution in [1.82, 2.24) is 10.2 Å². The molecule has 4 nitrogen and oxygen atoms in total. The van der Waals surface area contributed by atoms with Crippen molar-refractivity contribution >= 4 is 0 Å². The van der Waals surface area contributed by atoms with Crippen LogP contribution in [0.5, 0.6) is 0 Å². The quantitative estimate of drug-likeness (QED) is 0.667. The van der Waals surface area contributed by atoms with Crippen molar-refractivity contribution in [2.75, 3.05) is 46.6 Å². The van der Waals surface area contributed by atoms with E-state index in [4.69, 9.17) is 9.47 Å². The fourth-order valence-corrected chi connectivity index (χ4v) is 2.73. The molecule has 3 atom stereocenters. The molecule has 1 saturated heterocycles. The Bertz CT molecular complexity index is 214. The van der Waals surface area contributed by atoms with Gasteiger partial charge in [-0.25, -0.2) is 0 Å². The molecule has 3 unspecified atom stereocenters. The predicted octanol–water partition coefficient (Wildman–Crippen LogP) is 1.36. The molecule has 1 fully saturated rings. The highest BCUT2D eigenvalue weighted by Crippen LogP contribution is 2.23. The van der Waals surface area contributed by atoms with Crippen molar-refractivity contribution in [3.63, 3.8) is 0 Å². The minimum atomic E-state index is 0.633. The van der Waals surface area contributed by atoms with E-state index < -0.39 is 0 Å². The Morgan fingerprint density at radius 1 is 1.22 bits per heavy atom. The van der Waals surface area contributed by atoms with Crippen molar-refractivity contribution in [3.05, 3.63) is 0 Å². The number of hydrogen-bond acceptors (Lipinski definition) is 4. The molecular weight excluding hydrogens is 228 g/mol. The summed E-state index contributed by atoms with van der Waals surface area (Å²) < 4.78 is 10.5. The second-order valence-electron chi connectivity index (χ2n) is 5.19. The summed E-state index contributed by atoms with van der Waals surface area (Å²) in [6.07, 6.45) is 1.25. The van der Waals surface area contributed by atoms with Crippen LogP contribution in [-0.2, 0) is 9.47 Å². The van der Waals surface area contributed by atoms with Crippen LogP contribution in [0.25, 0.3) is 0 Å². The van der Waals surface area contributed by atoms with Gasteiger partial charge in [0.1, 0.15) is 0 Å². The van der Waals surface area contributed by atoms with Gasteiger partial charge >= 0.3 is 0 Å². The molecule has 108 valence electrons. The van der Waals surface area contributed by atoms with E-state index in [1.54, 1.807) is 7.11 Å². The standard InChI is InChI=1S/C14H30N2O2/c1-5-15-14-6-7-16(13(3)12(14)2)8-9-18-11-10-17-4/h12-15H,5-11H2,1-4H3. The predicted molar refractivity (Wildman–Crippen MR) is 75.0 cm³/mol. The van der Waals surface area contributed by atoms with Crippen LogP contribution in [0.1, 0.15) is 27.2 Å². The maximum atomic E-state index is 5.55. The maximum Gasteiger partial charge on any atom is 0.0700 e. The van der Waals surface area contributed by atoms with Gasteiger partial charge in [0.05, 0.1) is 19.8 Å². The van der Waals surface area contributed by atoms with Gasteiger partial charge in [-0.15, -0.1) is 0 Å². The Morgan fingerprint density at radius 3 is 2.67 bits per heavy atom. The third-order valence-electron chi connectivity index (χ3n) is 4.12. The third-order valence-corrected chi connectivity index (χ3v) is 4.12. The molecule has 4 heteroatoms. The van der Waals surface area contributed by atoms with Gasteiger partial charge in [0.2, 0.25) is 0 Å². The SMILES string of the molecule is CCNC1CCN(CCOCCOC)C(C)C1C. The molecule has 0 saturated carbocycles. The molecule has 0 aromatic heterocycles. The van der Waals surface area contributed by atoms with Gasteiger partial charge in [0.25, 0.3) is 0 Å². The fraction of sp³-hybridized carbons (Fsp3) is 1.00. The number of nitrogens with zero attached hydrogens (tertiary/aromatic N) is 1. The molecule has 0 spiro atoms. The highest BCUT2D eigenvalue weighted by molar-refractivity contribution is 4.88. The van der Waals surface area contributed by atoms with Gasteiger partial charge < -0.3 is 14.8 Å². The summed E-state index contributed by atoms with van der Waals surface area (Å²) in [5, 5.41) is 3.59. The van der Waals surface area contributed by atoms with Gasteiger partial charge in [-0.05, 0) is 25.8 Å². The van der Waals surface area contributed by atoms with Crippen LogP contribution < -0.4 is 5.32 Å². The van der Waals surface area contributed by atoms with Crippen LogP contribution in [0.2, 0.25) is 0 Å². The Morgan fingerprint density at radius 2 is 2.00 bits per heavy atom. The number of hydrogen-bond donors (Lipinski definition) is 1. The largest absolute Gasteiger partial charge is 0.382 e. The second kappa shape index (κ2) is 8.86. The van der Waals surface area contributed by atoms with Crippen molar-refractivity contribution in [1.29, 1.82) is 0 Å². The lowest BCUT2D eigenvalue weighted by molar-refractivity contribution is 0.0277. The molecule has 18 heavy (non-hydrogen) atoms. The normalized spacial score (nSPS) is 29.7. The van der Waals surface area contributed by atoms with Crippen LogP contribution in [0.3, 0.4) is 0 Å². The summed E-state index contributed by atoms with van der Waals surface area (Å²) >= 11 is 0. The van der Waals surface area contributed by atoms with E-state index in [9.17, 15) is 0 Å². The lowest BCUT2D eigenvalue weighted by Crippen LogP contribution is -2.54. The van der Waals surface area contributed by atoms with Gasteiger partial charge in [0.15, 0.2) is 0 Å². The summed E-state index contributed by atoms with van der Waals surface area (Å²) in [5.41, 5.74) is 0. The lowest BCUT2D eigenvalue weighted by atomic mass is 9.87. The van der Waals surface area contributed by atoms with Gasteiger partial charge in [-0.1, -0.05) is 13.8 Å². The first-order valence-electron chi connectivity index (χ1n) is 7.24. The lowest BCUT2D eigenvalue weighted by Gasteiger charge is -2.43. The van der Waals surface area contributed by atoms with Crippen LogP contribution in [0, 0.1) is 5.92 Å². The number of nitrogens with one attached hydrogen (secondary N) is 1. The van der Waals surface area contributed by atoms with E-state index in [-0.39, 0.29) is 0 Å². The van der Waals surface area contributed by atoms with E-state index >= 15 is 0 Å². The van der Waals surface area contributed by atoms with E-state index in [0.29, 0.717) is 31.2 Å². The molecule has 0 bridgehead atoms. The molecule has 0 aromatic carbocycles. The minimum absolute atomic E-state index is 0.633. The zero-order valence-electron chi connectivity index (χ0n) is 12.4. The maximum absolute atomic E-state index is 5.55. The highest BCUT2D eigenvalue weighted by Gasteiger charge is 2.31. The van der Waals surface area contributed by atoms with Gasteiger partial charge in [-0.3, -0.25) is 4.90 Å². The van der Waals surface area contributed by atoms with E-state index in [1.165, 1.54) is 13.0 Å². The molecule has 0 aliphatic carbocycles. The molecule has 1 aliphatic heterocycles. The number of rotatable bonds is 8. The van der Waals surface area contributed by atoms with Crippen molar-refractivity contribution in [2.24, 2.45) is 5.92 Å². The zero-order chi connectivity index (χ0) is 13.4. The Kier molecular flexibility index (Phi) is 7.82. The first-order valence-corrected chi connectivity index (χ1v) is 7.24. The summed E-state index contributed by atoms with van der Waals surface area (Å²) in [7, 11) is 1.71. The molecule has 0 amide bonds. The van der Waals surface area contributed by atoms with E-state index in [2.05, 4.69) is 31.0 Å². The first-order chi connectivity index (χ1) is 8.70. The molecule has 1 aliphatic rings. The molecule has 1 rings (SSSR count). The van der Waals surface area contributed by atoms with Crippen molar-refractivity contribution in [2.45, 2.75) is 39.3 Å². The van der Waals surface area contributed by atoms with Crippen molar-refractivity contribution < 1.29 is 9.47 Å². The van der Waals surface area contributed by atoms with E-state index in [0.717, 1.165) is 19.7 Å².